The van der Waals surface area contributed by atoms with E-state index >= 15 is 0 Å². The third kappa shape index (κ3) is 2.91. The first-order valence-electron chi connectivity index (χ1n) is 7.40. The predicted molar refractivity (Wildman–Crippen MR) is 96.3 cm³/mol. The lowest BCUT2D eigenvalue weighted by atomic mass is 9.86. The molecule has 0 saturated carbocycles. The van der Waals surface area contributed by atoms with Crippen molar-refractivity contribution in [3.63, 3.8) is 0 Å². The van der Waals surface area contributed by atoms with E-state index in [1.807, 2.05) is 18.3 Å². The number of rotatable bonds is 2. The maximum atomic E-state index is 4.76. The van der Waals surface area contributed by atoms with Gasteiger partial charge in [-0.25, -0.2) is 4.98 Å². The number of nitrogens with zero attached hydrogens (tertiary/aromatic N) is 2. The van der Waals surface area contributed by atoms with Crippen molar-refractivity contribution in [2.45, 2.75) is 31.5 Å². The van der Waals surface area contributed by atoms with Crippen molar-refractivity contribution in [1.29, 1.82) is 0 Å². The summed E-state index contributed by atoms with van der Waals surface area (Å²) in [5.74, 6) is 0. The first kappa shape index (κ1) is 15.2. The van der Waals surface area contributed by atoms with Gasteiger partial charge in [-0.15, -0.1) is 0 Å². The fourth-order valence-corrected chi connectivity index (χ4v) is 2.94. The summed E-state index contributed by atoms with van der Waals surface area (Å²) < 4.78 is 0. The molecule has 1 heterocycles. The first-order valence-corrected chi connectivity index (χ1v) is 8.53. The molecule has 0 amide bonds. The standard InChI is InChI=1S/C19H19BrN2/c1-19(2,3)15-9-7-13(8-10-15)17-12-21-18-14(11-20)5-4-6-16(18)22-17/h4-10,12H,11H2,1-3H3. The molecule has 3 aromatic rings. The van der Waals surface area contributed by atoms with Crippen molar-refractivity contribution in [2.24, 2.45) is 0 Å². The molecule has 0 N–H and O–H groups in total. The molecule has 0 spiro atoms. The Morgan fingerprint density at radius 2 is 1.73 bits per heavy atom. The molecule has 0 unspecified atom stereocenters. The normalized spacial score (nSPS) is 11.8. The van der Waals surface area contributed by atoms with Gasteiger partial charge in [0.05, 0.1) is 22.9 Å². The summed E-state index contributed by atoms with van der Waals surface area (Å²) in [5.41, 5.74) is 6.58. The highest BCUT2D eigenvalue weighted by Gasteiger charge is 2.13. The zero-order valence-corrected chi connectivity index (χ0v) is 14.7. The number of para-hydroxylation sites is 1. The minimum Gasteiger partial charge on any atom is -0.252 e. The van der Waals surface area contributed by atoms with Gasteiger partial charge in [-0.1, -0.05) is 73.1 Å². The van der Waals surface area contributed by atoms with Crippen LogP contribution in [0.4, 0.5) is 0 Å². The van der Waals surface area contributed by atoms with Gasteiger partial charge in [0, 0.05) is 10.9 Å². The topological polar surface area (TPSA) is 25.8 Å². The Kier molecular flexibility index (Phi) is 4.00. The maximum Gasteiger partial charge on any atom is 0.0927 e. The minimum absolute atomic E-state index is 0.165. The van der Waals surface area contributed by atoms with Gasteiger partial charge in [0.1, 0.15) is 0 Å². The Morgan fingerprint density at radius 1 is 1.00 bits per heavy atom. The SMILES string of the molecule is CC(C)(C)c1ccc(-c2cnc3c(CBr)cccc3n2)cc1. The van der Waals surface area contributed by atoms with Gasteiger partial charge in [0.2, 0.25) is 0 Å². The number of hydrogen-bond donors (Lipinski definition) is 0. The van der Waals surface area contributed by atoms with Crippen molar-refractivity contribution in [3.05, 3.63) is 59.8 Å². The monoisotopic (exact) mass is 354 g/mol. The molecule has 0 radical (unpaired) electrons. The van der Waals surface area contributed by atoms with Gasteiger partial charge >= 0.3 is 0 Å². The van der Waals surface area contributed by atoms with E-state index in [-0.39, 0.29) is 5.41 Å². The van der Waals surface area contributed by atoms with Gasteiger partial charge in [-0.2, -0.15) is 0 Å². The van der Waals surface area contributed by atoms with Crippen LogP contribution in [0.25, 0.3) is 22.3 Å². The lowest BCUT2D eigenvalue weighted by molar-refractivity contribution is 0.590. The molecule has 22 heavy (non-hydrogen) atoms. The lowest BCUT2D eigenvalue weighted by Gasteiger charge is -2.19. The van der Waals surface area contributed by atoms with Crippen molar-refractivity contribution in [3.8, 4) is 11.3 Å². The first-order chi connectivity index (χ1) is 10.5. The highest BCUT2D eigenvalue weighted by Crippen LogP contribution is 2.26. The van der Waals surface area contributed by atoms with E-state index in [1.54, 1.807) is 0 Å². The van der Waals surface area contributed by atoms with Crippen LogP contribution >= 0.6 is 15.9 Å². The number of aromatic nitrogens is 2. The number of fused-ring (bicyclic) bond motifs is 1. The van der Waals surface area contributed by atoms with Crippen LogP contribution in [0.1, 0.15) is 31.9 Å². The van der Waals surface area contributed by atoms with E-state index in [0.29, 0.717) is 0 Å². The quantitative estimate of drug-likeness (QED) is 0.568. The van der Waals surface area contributed by atoms with E-state index in [9.17, 15) is 0 Å². The van der Waals surface area contributed by atoms with Crippen LogP contribution in [-0.4, -0.2) is 9.97 Å². The van der Waals surface area contributed by atoms with Crippen LogP contribution in [0, 0.1) is 0 Å². The van der Waals surface area contributed by atoms with Crippen LogP contribution in [0.5, 0.6) is 0 Å². The molecular formula is C19H19BrN2. The van der Waals surface area contributed by atoms with Gasteiger partial charge in [0.25, 0.3) is 0 Å². The average Bonchev–Trinajstić information content (AvgIpc) is 2.53. The van der Waals surface area contributed by atoms with Gasteiger partial charge in [0.15, 0.2) is 0 Å². The van der Waals surface area contributed by atoms with Crippen molar-refractivity contribution >= 4 is 27.0 Å². The molecule has 0 fully saturated rings. The Hall–Kier alpha value is -1.74. The summed E-state index contributed by atoms with van der Waals surface area (Å²) in [5, 5.41) is 0.790. The molecule has 112 valence electrons. The van der Waals surface area contributed by atoms with Crippen LogP contribution in [0.2, 0.25) is 0 Å². The Labute approximate surface area is 139 Å². The van der Waals surface area contributed by atoms with E-state index in [1.165, 1.54) is 11.1 Å². The van der Waals surface area contributed by atoms with Crippen LogP contribution in [0.3, 0.4) is 0 Å². The largest absolute Gasteiger partial charge is 0.252 e. The van der Waals surface area contributed by atoms with Crippen LogP contribution < -0.4 is 0 Å². The summed E-state index contributed by atoms with van der Waals surface area (Å²) >= 11 is 3.50. The molecule has 0 aliphatic carbocycles. The lowest BCUT2D eigenvalue weighted by Crippen LogP contribution is -2.10. The van der Waals surface area contributed by atoms with Gasteiger partial charge in [-0.05, 0) is 22.6 Å². The molecule has 1 aromatic heterocycles. The summed E-state index contributed by atoms with van der Waals surface area (Å²) in [6.45, 7) is 6.67. The zero-order valence-electron chi connectivity index (χ0n) is 13.1. The molecule has 3 rings (SSSR count). The predicted octanol–water partition coefficient (Wildman–Crippen LogP) is 5.49. The molecule has 0 atom stereocenters. The molecule has 0 saturated heterocycles. The maximum absolute atomic E-state index is 4.76. The molecule has 0 bridgehead atoms. The van der Waals surface area contributed by atoms with Crippen LogP contribution in [-0.2, 0) is 10.7 Å². The fourth-order valence-electron chi connectivity index (χ4n) is 2.49. The zero-order chi connectivity index (χ0) is 15.7. The van der Waals surface area contributed by atoms with Crippen molar-refractivity contribution in [1.82, 2.24) is 9.97 Å². The number of hydrogen-bond acceptors (Lipinski definition) is 2. The second kappa shape index (κ2) is 5.81. The van der Waals surface area contributed by atoms with E-state index in [0.717, 1.165) is 27.6 Å². The van der Waals surface area contributed by atoms with Crippen LogP contribution in [0.15, 0.2) is 48.7 Å². The molecule has 2 nitrogen and oxygen atoms in total. The smallest absolute Gasteiger partial charge is 0.0927 e. The highest BCUT2D eigenvalue weighted by molar-refractivity contribution is 9.08. The minimum atomic E-state index is 0.165. The van der Waals surface area contributed by atoms with E-state index in [2.05, 4.69) is 72.0 Å². The molecule has 0 aliphatic heterocycles. The summed E-state index contributed by atoms with van der Waals surface area (Å²) in [6, 6.07) is 14.7. The molecule has 3 heteroatoms. The number of benzene rings is 2. The Balaban J connectivity index is 2.03. The highest BCUT2D eigenvalue weighted by atomic mass is 79.9. The van der Waals surface area contributed by atoms with E-state index in [4.69, 9.17) is 4.98 Å². The summed E-state index contributed by atoms with van der Waals surface area (Å²) in [4.78, 5) is 9.37. The van der Waals surface area contributed by atoms with Crippen molar-refractivity contribution in [2.75, 3.05) is 0 Å². The Bertz CT molecular complexity index is 802. The molecular weight excluding hydrogens is 336 g/mol. The second-order valence-corrected chi connectivity index (χ2v) is 7.06. The Morgan fingerprint density at radius 3 is 2.36 bits per heavy atom. The second-order valence-electron chi connectivity index (χ2n) is 6.50. The third-order valence-electron chi connectivity index (χ3n) is 3.85. The number of halogens is 1. The average molecular weight is 355 g/mol. The molecule has 2 aromatic carbocycles. The summed E-state index contributed by atoms with van der Waals surface area (Å²) in [6.07, 6.45) is 1.86. The van der Waals surface area contributed by atoms with E-state index < -0.39 is 0 Å². The summed E-state index contributed by atoms with van der Waals surface area (Å²) in [7, 11) is 0. The van der Waals surface area contributed by atoms with Gasteiger partial charge < -0.3 is 0 Å². The van der Waals surface area contributed by atoms with Crippen molar-refractivity contribution < 1.29 is 0 Å². The van der Waals surface area contributed by atoms with Gasteiger partial charge in [-0.3, -0.25) is 4.98 Å². The molecule has 0 aliphatic rings. The number of alkyl halides is 1. The fraction of sp³-hybridized carbons (Fsp3) is 0.263. The third-order valence-corrected chi connectivity index (χ3v) is 4.45.